The van der Waals surface area contributed by atoms with E-state index >= 15 is 0 Å². The Balaban J connectivity index is 1.58. The van der Waals surface area contributed by atoms with Crippen LogP contribution in [0.5, 0.6) is 0 Å². The molecular formula is C18H20N2O5. The van der Waals surface area contributed by atoms with Crippen LogP contribution in [0.2, 0.25) is 0 Å². The van der Waals surface area contributed by atoms with Crippen LogP contribution < -0.4 is 5.32 Å². The molecule has 1 amide bonds. The first-order valence-corrected chi connectivity index (χ1v) is 8.22. The van der Waals surface area contributed by atoms with Gasteiger partial charge in [0.2, 0.25) is 0 Å². The van der Waals surface area contributed by atoms with E-state index in [2.05, 4.69) is 10.5 Å². The van der Waals surface area contributed by atoms with Crippen LogP contribution in [0.3, 0.4) is 0 Å². The maximum atomic E-state index is 12.4. The molecule has 1 aromatic carbocycles. The van der Waals surface area contributed by atoms with Gasteiger partial charge in [0.1, 0.15) is 17.0 Å². The fourth-order valence-corrected chi connectivity index (χ4v) is 2.69. The average molecular weight is 344 g/mol. The minimum absolute atomic E-state index is 0.0460. The van der Waals surface area contributed by atoms with Gasteiger partial charge in [-0.25, -0.2) is 4.79 Å². The van der Waals surface area contributed by atoms with Crippen molar-refractivity contribution in [2.45, 2.75) is 25.9 Å². The summed E-state index contributed by atoms with van der Waals surface area (Å²) in [6.45, 7) is 2.43. The predicted molar refractivity (Wildman–Crippen MR) is 88.9 cm³/mol. The molecule has 1 fully saturated rings. The number of nitrogens with zero attached hydrogens (tertiary/aromatic N) is 1. The van der Waals surface area contributed by atoms with Gasteiger partial charge in [0.25, 0.3) is 5.91 Å². The molecule has 132 valence electrons. The summed E-state index contributed by atoms with van der Waals surface area (Å²) in [5.74, 6) is -0.646. The Labute approximate surface area is 145 Å². The second-order valence-electron chi connectivity index (χ2n) is 5.84. The molecule has 2 heterocycles. The lowest BCUT2D eigenvalue weighted by Crippen LogP contribution is -2.34. The lowest BCUT2D eigenvalue weighted by atomic mass is 10.1. The van der Waals surface area contributed by atoms with E-state index in [1.807, 2.05) is 30.3 Å². The number of carbonyl (C=O) groups is 2. The quantitative estimate of drug-likeness (QED) is 0.807. The van der Waals surface area contributed by atoms with Gasteiger partial charge in [0.15, 0.2) is 6.61 Å². The first-order chi connectivity index (χ1) is 12.1. The van der Waals surface area contributed by atoms with Crippen LogP contribution in [0.4, 0.5) is 0 Å². The molecule has 3 rings (SSSR count). The molecule has 0 radical (unpaired) electrons. The average Bonchev–Trinajstić information content (AvgIpc) is 3.28. The van der Waals surface area contributed by atoms with E-state index in [1.165, 1.54) is 0 Å². The molecular weight excluding hydrogens is 324 g/mol. The van der Waals surface area contributed by atoms with Gasteiger partial charge in [0, 0.05) is 18.7 Å². The van der Waals surface area contributed by atoms with Crippen molar-refractivity contribution in [2.24, 2.45) is 0 Å². The summed E-state index contributed by atoms with van der Waals surface area (Å²) in [5, 5.41) is 6.64. The van der Waals surface area contributed by atoms with Crippen molar-refractivity contribution in [3.8, 4) is 11.3 Å². The molecule has 1 saturated heterocycles. The second-order valence-corrected chi connectivity index (χ2v) is 5.84. The first-order valence-electron chi connectivity index (χ1n) is 8.22. The molecule has 2 aromatic rings. The molecule has 1 aromatic heterocycles. The number of amides is 1. The molecule has 0 bridgehead atoms. The van der Waals surface area contributed by atoms with E-state index in [4.69, 9.17) is 14.0 Å². The third-order valence-electron chi connectivity index (χ3n) is 4.00. The van der Waals surface area contributed by atoms with Crippen molar-refractivity contribution in [1.82, 2.24) is 10.5 Å². The van der Waals surface area contributed by atoms with Gasteiger partial charge >= 0.3 is 5.97 Å². The third kappa shape index (κ3) is 4.24. The summed E-state index contributed by atoms with van der Waals surface area (Å²) in [6.07, 6.45) is 1.98. The monoisotopic (exact) mass is 344 g/mol. The largest absolute Gasteiger partial charge is 0.452 e. The van der Waals surface area contributed by atoms with Gasteiger partial charge in [-0.2, -0.15) is 0 Å². The normalized spacial score (nSPS) is 16.6. The Kier molecular flexibility index (Phi) is 5.45. The van der Waals surface area contributed by atoms with Crippen LogP contribution in [-0.4, -0.2) is 42.9 Å². The lowest BCUT2D eigenvalue weighted by Gasteiger charge is -2.11. The summed E-state index contributed by atoms with van der Waals surface area (Å²) >= 11 is 0. The molecule has 1 aliphatic heterocycles. The number of carbonyl (C=O) groups excluding carboxylic acids is 2. The van der Waals surface area contributed by atoms with Crippen molar-refractivity contribution in [2.75, 3.05) is 19.8 Å². The highest BCUT2D eigenvalue weighted by atomic mass is 16.5. The number of aromatic nitrogens is 1. The van der Waals surface area contributed by atoms with Crippen LogP contribution in [0.15, 0.2) is 34.9 Å². The Morgan fingerprint density at radius 2 is 2.12 bits per heavy atom. The van der Waals surface area contributed by atoms with Gasteiger partial charge in [-0.1, -0.05) is 35.5 Å². The highest BCUT2D eigenvalue weighted by Gasteiger charge is 2.24. The van der Waals surface area contributed by atoms with Gasteiger partial charge < -0.3 is 19.3 Å². The van der Waals surface area contributed by atoms with Gasteiger partial charge in [-0.05, 0) is 19.8 Å². The summed E-state index contributed by atoms with van der Waals surface area (Å²) in [5.41, 5.74) is 1.38. The highest BCUT2D eigenvalue weighted by molar-refractivity contribution is 5.98. The maximum Gasteiger partial charge on any atom is 0.344 e. The number of esters is 1. The van der Waals surface area contributed by atoms with Crippen molar-refractivity contribution < 1.29 is 23.6 Å². The number of hydrogen-bond donors (Lipinski definition) is 1. The van der Waals surface area contributed by atoms with Crippen molar-refractivity contribution in [3.05, 3.63) is 41.7 Å². The van der Waals surface area contributed by atoms with Crippen molar-refractivity contribution in [1.29, 1.82) is 0 Å². The van der Waals surface area contributed by atoms with Gasteiger partial charge in [-0.15, -0.1) is 0 Å². The molecule has 1 N–H and O–H groups in total. The summed E-state index contributed by atoms with van der Waals surface area (Å²) in [7, 11) is 0. The molecule has 0 aliphatic carbocycles. The van der Waals surface area contributed by atoms with E-state index in [0.29, 0.717) is 18.0 Å². The predicted octanol–water partition coefficient (Wildman–Crippen LogP) is 2.10. The molecule has 7 nitrogen and oxygen atoms in total. The molecule has 25 heavy (non-hydrogen) atoms. The fourth-order valence-electron chi connectivity index (χ4n) is 2.69. The number of nitrogens with one attached hydrogen (secondary N) is 1. The van der Waals surface area contributed by atoms with E-state index in [-0.39, 0.29) is 24.2 Å². The van der Waals surface area contributed by atoms with Crippen LogP contribution >= 0.6 is 0 Å². The number of benzene rings is 1. The molecule has 1 aliphatic rings. The fraction of sp³-hybridized carbons (Fsp3) is 0.389. The zero-order valence-electron chi connectivity index (χ0n) is 14.0. The number of ether oxygens (including phenoxy) is 2. The Hall–Kier alpha value is -2.67. The van der Waals surface area contributed by atoms with Crippen LogP contribution in [0, 0.1) is 6.92 Å². The number of hydrogen-bond acceptors (Lipinski definition) is 6. The van der Waals surface area contributed by atoms with Crippen LogP contribution in [0.25, 0.3) is 11.3 Å². The SMILES string of the molecule is Cc1onc(-c2ccccc2)c1C(=O)OCC(=O)NCC1CCCO1. The lowest BCUT2D eigenvalue weighted by molar-refractivity contribution is -0.124. The Bertz CT molecular complexity index is 735. The van der Waals surface area contributed by atoms with Crippen LogP contribution in [0.1, 0.15) is 29.0 Å². The number of rotatable bonds is 6. The van der Waals surface area contributed by atoms with Gasteiger partial charge in [-0.3, -0.25) is 4.79 Å². The highest BCUT2D eigenvalue weighted by Crippen LogP contribution is 2.25. The summed E-state index contributed by atoms with van der Waals surface area (Å²) in [6, 6.07) is 9.19. The van der Waals surface area contributed by atoms with Crippen LogP contribution in [-0.2, 0) is 14.3 Å². The zero-order chi connectivity index (χ0) is 17.6. The minimum Gasteiger partial charge on any atom is -0.452 e. The second kappa shape index (κ2) is 7.94. The molecule has 1 unspecified atom stereocenters. The zero-order valence-corrected chi connectivity index (χ0v) is 14.0. The molecule has 7 heteroatoms. The smallest absolute Gasteiger partial charge is 0.344 e. The van der Waals surface area contributed by atoms with E-state index in [0.717, 1.165) is 25.0 Å². The maximum absolute atomic E-state index is 12.4. The van der Waals surface area contributed by atoms with Gasteiger partial charge in [0.05, 0.1) is 6.10 Å². The summed E-state index contributed by atoms with van der Waals surface area (Å²) < 4.78 is 15.7. The minimum atomic E-state index is -0.634. The molecule has 1 atom stereocenters. The molecule has 0 saturated carbocycles. The standard InChI is InChI=1S/C18H20N2O5/c1-12-16(17(20-25-12)13-6-3-2-4-7-13)18(22)24-11-15(21)19-10-14-8-5-9-23-14/h2-4,6-7,14H,5,8-11H2,1H3,(H,19,21). The van der Waals surface area contributed by atoms with Crippen molar-refractivity contribution >= 4 is 11.9 Å². The first kappa shape index (κ1) is 17.2. The van der Waals surface area contributed by atoms with E-state index in [1.54, 1.807) is 6.92 Å². The van der Waals surface area contributed by atoms with E-state index in [9.17, 15) is 9.59 Å². The third-order valence-corrected chi connectivity index (χ3v) is 4.00. The Morgan fingerprint density at radius 3 is 2.84 bits per heavy atom. The topological polar surface area (TPSA) is 90.7 Å². The van der Waals surface area contributed by atoms with E-state index < -0.39 is 5.97 Å². The molecule has 0 spiro atoms. The Morgan fingerprint density at radius 1 is 1.32 bits per heavy atom. The number of aryl methyl sites for hydroxylation is 1. The summed E-state index contributed by atoms with van der Waals surface area (Å²) in [4.78, 5) is 24.2. The van der Waals surface area contributed by atoms with Crippen molar-refractivity contribution in [3.63, 3.8) is 0 Å².